The van der Waals surface area contributed by atoms with Gasteiger partial charge >= 0.3 is 0 Å². The molecule has 1 atom stereocenters. The smallest absolute Gasteiger partial charge is 0.138 e. The topological polar surface area (TPSA) is 47.7 Å². The van der Waals surface area contributed by atoms with E-state index in [4.69, 9.17) is 26.8 Å². The lowest BCUT2D eigenvalue weighted by Crippen LogP contribution is -2.44. The Morgan fingerprint density at radius 2 is 2.18 bits per heavy atom. The lowest BCUT2D eigenvalue weighted by molar-refractivity contribution is -0.0334. The van der Waals surface area contributed by atoms with E-state index in [1.807, 2.05) is 25.1 Å². The number of rotatable bonds is 6. The molecule has 4 nitrogen and oxygen atoms in total. The minimum Gasteiger partial charge on any atom is -0.491 e. The zero-order valence-electron chi connectivity index (χ0n) is 12.8. The first-order valence-electron chi connectivity index (χ1n) is 7.12. The first-order chi connectivity index (χ1) is 9.69. The number of ether oxygens (including phenoxy) is 2. The molecular weight excluding hydrogens is 347 g/mol. The summed E-state index contributed by atoms with van der Waals surface area (Å²) in [6, 6.07) is 5.83. The summed E-state index contributed by atoms with van der Waals surface area (Å²) < 4.78 is 11.4. The molecule has 0 amide bonds. The number of morpholine rings is 1. The lowest BCUT2D eigenvalue weighted by atomic mass is 10.2. The molecule has 0 spiro atoms. The first-order valence-corrected chi connectivity index (χ1v) is 7.50. The molecule has 1 aliphatic rings. The van der Waals surface area contributed by atoms with Crippen LogP contribution in [-0.4, -0.2) is 50.4 Å². The summed E-state index contributed by atoms with van der Waals surface area (Å²) in [5.74, 6) is 0.762. The minimum absolute atomic E-state index is 0. The molecular formula is C15H25Cl3N2O2. The van der Waals surface area contributed by atoms with Gasteiger partial charge in [-0.1, -0.05) is 17.7 Å². The fourth-order valence-corrected chi connectivity index (χ4v) is 2.52. The molecule has 0 bridgehead atoms. The Bertz CT molecular complexity index is 433. The molecule has 128 valence electrons. The van der Waals surface area contributed by atoms with Gasteiger partial charge in [0.1, 0.15) is 12.4 Å². The van der Waals surface area contributed by atoms with Crippen LogP contribution in [0.3, 0.4) is 0 Å². The molecule has 1 heterocycles. The number of nitrogens with two attached hydrogens (primary N) is 1. The summed E-state index contributed by atoms with van der Waals surface area (Å²) in [5.41, 5.74) is 6.73. The highest BCUT2D eigenvalue weighted by Crippen LogP contribution is 2.25. The van der Waals surface area contributed by atoms with Crippen molar-refractivity contribution in [3.63, 3.8) is 0 Å². The monoisotopic (exact) mass is 370 g/mol. The highest BCUT2D eigenvalue weighted by atomic mass is 35.5. The third kappa shape index (κ3) is 6.90. The van der Waals surface area contributed by atoms with Crippen LogP contribution in [0, 0.1) is 6.92 Å². The molecule has 1 unspecified atom stereocenters. The maximum atomic E-state index is 6.11. The third-order valence-electron chi connectivity index (χ3n) is 3.46. The fraction of sp³-hybridized carbons (Fsp3) is 0.600. The Labute approximate surface area is 150 Å². The largest absolute Gasteiger partial charge is 0.491 e. The molecule has 2 rings (SSSR count). The van der Waals surface area contributed by atoms with Crippen molar-refractivity contribution in [2.45, 2.75) is 19.4 Å². The van der Waals surface area contributed by atoms with Crippen LogP contribution in [-0.2, 0) is 4.74 Å². The summed E-state index contributed by atoms with van der Waals surface area (Å²) in [7, 11) is 0. The quantitative estimate of drug-likeness (QED) is 0.835. The van der Waals surface area contributed by atoms with Crippen molar-refractivity contribution >= 4 is 36.4 Å². The van der Waals surface area contributed by atoms with E-state index in [0.29, 0.717) is 18.2 Å². The number of benzene rings is 1. The molecule has 0 aromatic heterocycles. The predicted octanol–water partition coefficient (Wildman–Crippen LogP) is 2.92. The van der Waals surface area contributed by atoms with Gasteiger partial charge in [0.25, 0.3) is 0 Å². The third-order valence-corrected chi connectivity index (χ3v) is 3.78. The molecule has 0 aliphatic carbocycles. The van der Waals surface area contributed by atoms with E-state index in [2.05, 4.69) is 4.90 Å². The van der Waals surface area contributed by atoms with Crippen LogP contribution in [0.4, 0.5) is 0 Å². The molecule has 7 heteroatoms. The zero-order valence-corrected chi connectivity index (χ0v) is 15.2. The normalized spacial score (nSPS) is 18.2. The van der Waals surface area contributed by atoms with Gasteiger partial charge in [-0.25, -0.2) is 0 Å². The Balaban J connectivity index is 0.00000220. The number of hydrogen-bond donors (Lipinski definition) is 1. The van der Waals surface area contributed by atoms with Gasteiger partial charge in [0.15, 0.2) is 0 Å². The van der Waals surface area contributed by atoms with Gasteiger partial charge in [-0.3, -0.25) is 4.90 Å². The second-order valence-corrected chi connectivity index (χ2v) is 5.56. The SMILES string of the molecule is Cc1ccc(Cl)c(OCCN2CCOC(CCN)C2)c1.Cl.Cl. The predicted molar refractivity (Wildman–Crippen MR) is 96.0 cm³/mol. The summed E-state index contributed by atoms with van der Waals surface area (Å²) in [6.07, 6.45) is 1.18. The van der Waals surface area contributed by atoms with Crippen molar-refractivity contribution in [1.82, 2.24) is 4.90 Å². The second-order valence-electron chi connectivity index (χ2n) is 5.15. The Morgan fingerprint density at radius 1 is 1.41 bits per heavy atom. The van der Waals surface area contributed by atoms with Gasteiger partial charge < -0.3 is 15.2 Å². The molecule has 1 fully saturated rings. The van der Waals surface area contributed by atoms with Crippen LogP contribution < -0.4 is 10.5 Å². The summed E-state index contributed by atoms with van der Waals surface area (Å²) >= 11 is 6.11. The van der Waals surface area contributed by atoms with Crippen LogP contribution in [0.15, 0.2) is 18.2 Å². The number of aryl methyl sites for hydroxylation is 1. The summed E-state index contributed by atoms with van der Waals surface area (Å²) in [5, 5.41) is 0.665. The first kappa shape index (κ1) is 21.8. The zero-order chi connectivity index (χ0) is 14.4. The molecule has 0 saturated carbocycles. The van der Waals surface area contributed by atoms with E-state index in [1.54, 1.807) is 0 Å². The minimum atomic E-state index is 0. The van der Waals surface area contributed by atoms with Crippen LogP contribution in [0.1, 0.15) is 12.0 Å². The van der Waals surface area contributed by atoms with E-state index >= 15 is 0 Å². The van der Waals surface area contributed by atoms with Gasteiger partial charge in [0.05, 0.1) is 17.7 Å². The fourth-order valence-electron chi connectivity index (χ4n) is 2.35. The van der Waals surface area contributed by atoms with Crippen molar-refractivity contribution in [3.05, 3.63) is 28.8 Å². The molecule has 1 aromatic rings. The van der Waals surface area contributed by atoms with Crippen molar-refractivity contribution in [2.75, 3.05) is 39.4 Å². The number of hydrogen-bond acceptors (Lipinski definition) is 4. The molecule has 1 aromatic carbocycles. The average Bonchev–Trinajstić information content (AvgIpc) is 2.43. The number of nitrogens with zero attached hydrogens (tertiary/aromatic N) is 1. The lowest BCUT2D eigenvalue weighted by Gasteiger charge is -2.32. The van der Waals surface area contributed by atoms with Crippen LogP contribution >= 0.6 is 36.4 Å². The van der Waals surface area contributed by atoms with Gasteiger partial charge in [0, 0.05) is 19.6 Å². The van der Waals surface area contributed by atoms with Gasteiger partial charge in [0.2, 0.25) is 0 Å². The van der Waals surface area contributed by atoms with Gasteiger partial charge in [-0.15, -0.1) is 24.8 Å². The summed E-state index contributed by atoms with van der Waals surface area (Å²) in [6.45, 7) is 6.88. The van der Waals surface area contributed by atoms with E-state index in [-0.39, 0.29) is 30.9 Å². The highest BCUT2D eigenvalue weighted by Gasteiger charge is 2.19. The number of halogens is 3. The van der Waals surface area contributed by atoms with Crippen molar-refractivity contribution in [1.29, 1.82) is 0 Å². The van der Waals surface area contributed by atoms with Gasteiger partial charge in [-0.2, -0.15) is 0 Å². The van der Waals surface area contributed by atoms with E-state index < -0.39 is 0 Å². The Hall–Kier alpha value is -0.230. The molecule has 22 heavy (non-hydrogen) atoms. The Kier molecular flexibility index (Phi) is 11.2. The van der Waals surface area contributed by atoms with Crippen molar-refractivity contribution in [2.24, 2.45) is 5.73 Å². The maximum absolute atomic E-state index is 6.11. The highest BCUT2D eigenvalue weighted by molar-refractivity contribution is 6.32. The Morgan fingerprint density at radius 3 is 2.91 bits per heavy atom. The van der Waals surface area contributed by atoms with E-state index in [9.17, 15) is 0 Å². The average molecular weight is 372 g/mol. The molecule has 2 N–H and O–H groups in total. The van der Waals surface area contributed by atoms with E-state index in [0.717, 1.165) is 44.0 Å². The van der Waals surface area contributed by atoms with Crippen molar-refractivity contribution in [3.8, 4) is 5.75 Å². The molecule has 1 aliphatic heterocycles. The van der Waals surface area contributed by atoms with Crippen LogP contribution in [0.5, 0.6) is 5.75 Å². The molecule has 0 radical (unpaired) electrons. The van der Waals surface area contributed by atoms with Crippen LogP contribution in [0.2, 0.25) is 5.02 Å². The standard InChI is InChI=1S/C15H23ClN2O2.2ClH/c1-12-2-3-14(16)15(10-12)20-9-7-18-6-8-19-13(11-18)4-5-17;;/h2-3,10,13H,4-9,11,17H2,1H3;2*1H. The summed E-state index contributed by atoms with van der Waals surface area (Å²) in [4.78, 5) is 2.35. The van der Waals surface area contributed by atoms with Crippen LogP contribution in [0.25, 0.3) is 0 Å². The van der Waals surface area contributed by atoms with Crippen molar-refractivity contribution < 1.29 is 9.47 Å². The second kappa shape index (κ2) is 11.3. The molecule has 1 saturated heterocycles. The van der Waals surface area contributed by atoms with Gasteiger partial charge in [-0.05, 0) is 37.6 Å². The maximum Gasteiger partial charge on any atom is 0.138 e. The van der Waals surface area contributed by atoms with E-state index in [1.165, 1.54) is 0 Å².